The topological polar surface area (TPSA) is 43.4 Å². The Morgan fingerprint density at radius 2 is 1.80 bits per heavy atom. The van der Waals surface area contributed by atoms with Gasteiger partial charge in [-0.15, -0.1) is 0 Å². The number of carbonyl (C=O) groups is 2. The Morgan fingerprint density at radius 3 is 2.53 bits per heavy atom. The first kappa shape index (κ1) is 20.8. The lowest BCUT2D eigenvalue weighted by Gasteiger charge is -2.60. The van der Waals surface area contributed by atoms with Crippen LogP contribution in [0.25, 0.3) is 0 Å². The summed E-state index contributed by atoms with van der Waals surface area (Å²) in [6.07, 6.45) is 15.6. The molecule has 5 aliphatic carbocycles. The SMILES string of the molecule is CC(=O)O[C@@H]1CC[C@@]2(C)C(=CC[C@H]3[C@H]2CC[C@@]2(C)[C@H]3C[C@H]3CCCC[C@]32C(C)=O)C1. The van der Waals surface area contributed by atoms with Gasteiger partial charge < -0.3 is 4.74 Å². The van der Waals surface area contributed by atoms with Crippen LogP contribution in [0.3, 0.4) is 0 Å². The van der Waals surface area contributed by atoms with E-state index in [0.717, 1.165) is 37.5 Å². The molecule has 0 spiro atoms. The monoisotopic (exact) mass is 412 g/mol. The molecular formula is C27H40O3. The molecule has 0 aromatic rings. The minimum atomic E-state index is -0.144. The van der Waals surface area contributed by atoms with E-state index in [4.69, 9.17) is 4.74 Å². The molecule has 4 fully saturated rings. The summed E-state index contributed by atoms with van der Waals surface area (Å²) in [5.41, 5.74) is 1.97. The lowest BCUT2D eigenvalue weighted by atomic mass is 9.44. The summed E-state index contributed by atoms with van der Waals surface area (Å²) in [6.45, 7) is 8.46. The first-order valence-electron chi connectivity index (χ1n) is 12.6. The summed E-state index contributed by atoms with van der Waals surface area (Å²) in [5.74, 6) is 3.13. The summed E-state index contributed by atoms with van der Waals surface area (Å²) in [4.78, 5) is 24.7. The predicted molar refractivity (Wildman–Crippen MR) is 118 cm³/mol. The van der Waals surface area contributed by atoms with E-state index in [1.807, 2.05) is 6.92 Å². The highest BCUT2D eigenvalue weighted by Crippen LogP contribution is 2.73. The van der Waals surface area contributed by atoms with Crippen LogP contribution in [0.15, 0.2) is 11.6 Å². The van der Waals surface area contributed by atoms with Gasteiger partial charge in [0.2, 0.25) is 0 Å². The van der Waals surface area contributed by atoms with Crippen molar-refractivity contribution in [1.29, 1.82) is 0 Å². The number of Topliss-reactive ketones (excluding diaryl/α,β-unsaturated/α-hetero) is 1. The molecule has 0 radical (unpaired) electrons. The maximum Gasteiger partial charge on any atom is 0.302 e. The molecule has 0 aromatic heterocycles. The van der Waals surface area contributed by atoms with E-state index in [2.05, 4.69) is 19.9 Å². The largest absolute Gasteiger partial charge is 0.462 e. The molecule has 3 heteroatoms. The van der Waals surface area contributed by atoms with Crippen molar-refractivity contribution in [3.8, 4) is 0 Å². The zero-order valence-electron chi connectivity index (χ0n) is 19.5. The van der Waals surface area contributed by atoms with Gasteiger partial charge in [-0.3, -0.25) is 9.59 Å². The number of carbonyl (C=O) groups excluding carboxylic acids is 2. The number of allylic oxidation sites excluding steroid dienone is 1. The molecule has 0 amide bonds. The standard InChI is InChI=1S/C27H40O3/c1-17(28)27-12-6-5-7-20(27)16-24-22-9-8-19-15-21(30-18(2)29)10-13-25(19,3)23(22)11-14-26(24,27)4/h8,20-24H,5-7,9-16H2,1-4H3/t20-,21-,22+,23-,24+,25+,26+,27+/m1/s1. The summed E-state index contributed by atoms with van der Waals surface area (Å²) < 4.78 is 5.59. The third kappa shape index (κ3) is 2.62. The fourth-order valence-corrected chi connectivity index (χ4v) is 9.76. The van der Waals surface area contributed by atoms with Crippen LogP contribution in [0.5, 0.6) is 0 Å². The number of esters is 1. The van der Waals surface area contributed by atoms with E-state index in [9.17, 15) is 9.59 Å². The van der Waals surface area contributed by atoms with Gasteiger partial charge in [0.05, 0.1) is 0 Å². The van der Waals surface area contributed by atoms with Gasteiger partial charge in [-0.25, -0.2) is 0 Å². The molecule has 3 nitrogen and oxygen atoms in total. The lowest BCUT2D eigenvalue weighted by molar-refractivity contribution is -0.151. The van der Waals surface area contributed by atoms with Crippen LogP contribution in [-0.2, 0) is 14.3 Å². The van der Waals surface area contributed by atoms with Crippen LogP contribution >= 0.6 is 0 Å². The third-order valence-electron chi connectivity index (χ3n) is 11.0. The number of fused-ring (bicyclic) bond motifs is 7. The average molecular weight is 413 g/mol. The number of ether oxygens (including phenoxy) is 1. The van der Waals surface area contributed by atoms with Gasteiger partial charge in [-0.05, 0) is 92.8 Å². The third-order valence-corrected chi connectivity index (χ3v) is 11.0. The van der Waals surface area contributed by atoms with Gasteiger partial charge in [0, 0.05) is 18.8 Å². The highest BCUT2D eigenvalue weighted by molar-refractivity contribution is 5.84. The van der Waals surface area contributed by atoms with Crippen molar-refractivity contribution in [2.45, 2.75) is 104 Å². The Bertz CT molecular complexity index is 783. The molecular weight excluding hydrogens is 372 g/mol. The number of hydrogen-bond donors (Lipinski definition) is 0. The Balaban J connectivity index is 1.46. The Labute approximate surface area is 182 Å². The van der Waals surface area contributed by atoms with Gasteiger partial charge >= 0.3 is 5.97 Å². The molecule has 0 heterocycles. The van der Waals surface area contributed by atoms with E-state index >= 15 is 0 Å². The van der Waals surface area contributed by atoms with E-state index in [1.165, 1.54) is 51.9 Å². The number of ketones is 1. The van der Waals surface area contributed by atoms with Crippen LogP contribution in [0, 0.1) is 39.9 Å². The zero-order chi connectivity index (χ0) is 21.3. The fourth-order valence-electron chi connectivity index (χ4n) is 9.76. The molecule has 0 saturated heterocycles. The summed E-state index contributed by atoms with van der Waals surface area (Å²) in [6, 6.07) is 0. The lowest BCUT2D eigenvalue weighted by Crippen LogP contribution is -2.55. The number of rotatable bonds is 2. The fraction of sp³-hybridized carbons (Fsp3) is 0.852. The Kier molecular flexibility index (Phi) is 4.80. The summed E-state index contributed by atoms with van der Waals surface area (Å²) >= 11 is 0. The van der Waals surface area contributed by atoms with Crippen molar-refractivity contribution in [2.75, 3.05) is 0 Å². The van der Waals surface area contributed by atoms with Crippen LogP contribution < -0.4 is 0 Å². The van der Waals surface area contributed by atoms with Crippen molar-refractivity contribution >= 4 is 11.8 Å². The van der Waals surface area contributed by atoms with Crippen molar-refractivity contribution in [2.24, 2.45) is 39.9 Å². The van der Waals surface area contributed by atoms with E-state index in [0.29, 0.717) is 17.6 Å². The molecule has 30 heavy (non-hydrogen) atoms. The van der Waals surface area contributed by atoms with Crippen molar-refractivity contribution in [1.82, 2.24) is 0 Å². The molecule has 166 valence electrons. The number of hydrogen-bond acceptors (Lipinski definition) is 3. The summed E-state index contributed by atoms with van der Waals surface area (Å²) in [7, 11) is 0. The Morgan fingerprint density at radius 1 is 1.00 bits per heavy atom. The minimum absolute atomic E-state index is 0.0429. The van der Waals surface area contributed by atoms with Gasteiger partial charge in [0.25, 0.3) is 0 Å². The quantitative estimate of drug-likeness (QED) is 0.397. The van der Waals surface area contributed by atoms with Gasteiger partial charge in [-0.2, -0.15) is 0 Å². The first-order chi connectivity index (χ1) is 14.2. The first-order valence-corrected chi connectivity index (χ1v) is 12.6. The van der Waals surface area contributed by atoms with Gasteiger partial charge in [0.1, 0.15) is 11.9 Å². The van der Waals surface area contributed by atoms with Crippen molar-refractivity contribution in [3.63, 3.8) is 0 Å². The highest BCUT2D eigenvalue weighted by atomic mass is 16.5. The second-order valence-corrected chi connectivity index (χ2v) is 11.9. The molecule has 0 N–H and O–H groups in total. The average Bonchev–Trinajstić information content (AvgIpc) is 2.98. The summed E-state index contributed by atoms with van der Waals surface area (Å²) in [5, 5.41) is 0. The second-order valence-electron chi connectivity index (χ2n) is 11.9. The van der Waals surface area contributed by atoms with E-state index < -0.39 is 0 Å². The molecule has 4 saturated carbocycles. The zero-order valence-corrected chi connectivity index (χ0v) is 19.5. The van der Waals surface area contributed by atoms with E-state index in [1.54, 1.807) is 5.57 Å². The molecule has 5 aliphatic rings. The highest BCUT2D eigenvalue weighted by Gasteiger charge is 2.68. The second kappa shape index (κ2) is 6.94. The van der Waals surface area contributed by atoms with Crippen LogP contribution in [0.4, 0.5) is 0 Å². The molecule has 0 unspecified atom stereocenters. The molecule has 5 rings (SSSR count). The predicted octanol–water partition coefficient (Wildman–Crippen LogP) is 6.26. The maximum absolute atomic E-state index is 13.2. The molecule has 0 bridgehead atoms. The Hall–Kier alpha value is -1.12. The van der Waals surface area contributed by atoms with Crippen molar-refractivity contribution in [3.05, 3.63) is 11.6 Å². The van der Waals surface area contributed by atoms with Gasteiger partial charge in [-0.1, -0.05) is 38.3 Å². The van der Waals surface area contributed by atoms with Crippen molar-refractivity contribution < 1.29 is 14.3 Å². The normalized spacial score (nSPS) is 49.7. The molecule has 8 atom stereocenters. The van der Waals surface area contributed by atoms with Crippen LogP contribution in [0.1, 0.15) is 98.3 Å². The van der Waals surface area contributed by atoms with Crippen LogP contribution in [0.2, 0.25) is 0 Å². The minimum Gasteiger partial charge on any atom is -0.462 e. The van der Waals surface area contributed by atoms with E-state index in [-0.39, 0.29) is 28.3 Å². The maximum atomic E-state index is 13.2. The van der Waals surface area contributed by atoms with Gasteiger partial charge in [0.15, 0.2) is 0 Å². The smallest absolute Gasteiger partial charge is 0.302 e. The molecule has 0 aliphatic heterocycles. The molecule has 0 aromatic carbocycles. The van der Waals surface area contributed by atoms with Crippen LogP contribution in [-0.4, -0.2) is 17.9 Å².